The minimum atomic E-state index is -3.62. The number of nitrogens with zero attached hydrogens (tertiary/aromatic N) is 3. The molecule has 0 aliphatic heterocycles. The van der Waals surface area contributed by atoms with Crippen LogP contribution >= 0.6 is 0 Å². The van der Waals surface area contributed by atoms with Gasteiger partial charge in [-0.15, -0.1) is 10.2 Å². The Kier molecular flexibility index (Phi) is 5.29. The van der Waals surface area contributed by atoms with Gasteiger partial charge in [0, 0.05) is 19.2 Å². The first kappa shape index (κ1) is 18.0. The second kappa shape index (κ2) is 7.63. The zero-order valence-corrected chi connectivity index (χ0v) is 15.0. The first-order valence-electron chi connectivity index (χ1n) is 8.07. The van der Waals surface area contributed by atoms with Crippen molar-refractivity contribution in [3.63, 3.8) is 0 Å². The maximum absolute atomic E-state index is 12.2. The van der Waals surface area contributed by atoms with Gasteiger partial charge in [-0.2, -0.15) is 0 Å². The Labute approximate surface area is 151 Å². The second-order valence-electron chi connectivity index (χ2n) is 5.78. The van der Waals surface area contributed by atoms with Crippen molar-refractivity contribution in [2.24, 2.45) is 0 Å². The number of amides is 1. The molecule has 2 heterocycles. The van der Waals surface area contributed by atoms with Gasteiger partial charge >= 0.3 is 0 Å². The number of sulfonamides is 1. The zero-order valence-electron chi connectivity index (χ0n) is 14.2. The number of aryl methyl sites for hydroxylation is 1. The first-order valence-corrected chi connectivity index (χ1v) is 9.56. The Balaban J connectivity index is 1.49. The molecule has 0 saturated heterocycles. The topological polar surface area (TPSA) is 105 Å². The van der Waals surface area contributed by atoms with Crippen molar-refractivity contribution < 1.29 is 13.2 Å². The average molecular weight is 373 g/mol. The number of carbonyl (C=O) groups excluding carboxylic acids is 1. The number of hydrogen-bond donors (Lipinski definition) is 2. The van der Waals surface area contributed by atoms with E-state index in [4.69, 9.17) is 0 Å². The monoisotopic (exact) mass is 373 g/mol. The molecule has 136 valence electrons. The van der Waals surface area contributed by atoms with Crippen LogP contribution in [0.4, 0.5) is 0 Å². The molecule has 0 aliphatic carbocycles. The van der Waals surface area contributed by atoms with E-state index in [0.717, 1.165) is 5.56 Å². The van der Waals surface area contributed by atoms with Gasteiger partial charge in [0.1, 0.15) is 0 Å². The molecule has 1 amide bonds. The molecular weight excluding hydrogens is 354 g/mol. The zero-order chi connectivity index (χ0) is 18.6. The van der Waals surface area contributed by atoms with E-state index in [-0.39, 0.29) is 30.3 Å². The van der Waals surface area contributed by atoms with Gasteiger partial charge < -0.3 is 5.32 Å². The molecule has 0 bridgehead atoms. The fourth-order valence-corrected chi connectivity index (χ4v) is 3.41. The number of fused-ring (bicyclic) bond motifs is 1. The van der Waals surface area contributed by atoms with Crippen molar-refractivity contribution in [2.75, 3.05) is 6.54 Å². The molecule has 0 radical (unpaired) electrons. The highest BCUT2D eigenvalue weighted by atomic mass is 32.2. The van der Waals surface area contributed by atoms with E-state index in [0.29, 0.717) is 11.5 Å². The summed E-state index contributed by atoms with van der Waals surface area (Å²) in [7, 11) is -3.62. The molecular formula is C17H19N5O3S. The Morgan fingerprint density at radius 1 is 1.12 bits per heavy atom. The van der Waals surface area contributed by atoms with Gasteiger partial charge in [-0.3, -0.25) is 9.20 Å². The number of carbonyl (C=O) groups is 1. The summed E-state index contributed by atoms with van der Waals surface area (Å²) < 4.78 is 28.5. The normalized spacial score (nSPS) is 11.6. The van der Waals surface area contributed by atoms with E-state index < -0.39 is 10.0 Å². The molecule has 0 unspecified atom stereocenters. The van der Waals surface area contributed by atoms with Crippen LogP contribution in [0.3, 0.4) is 0 Å². The third kappa shape index (κ3) is 4.24. The summed E-state index contributed by atoms with van der Waals surface area (Å²) in [6.07, 6.45) is 1.84. The summed E-state index contributed by atoms with van der Waals surface area (Å²) in [6.45, 7) is 2.12. The lowest BCUT2D eigenvalue weighted by Gasteiger charge is -2.07. The van der Waals surface area contributed by atoms with Crippen LogP contribution in [0.25, 0.3) is 5.65 Å². The maximum Gasteiger partial charge on any atom is 0.240 e. The highest BCUT2D eigenvalue weighted by molar-refractivity contribution is 7.89. The summed E-state index contributed by atoms with van der Waals surface area (Å²) in [6, 6.07) is 12.0. The van der Waals surface area contributed by atoms with Crippen LogP contribution in [-0.4, -0.2) is 35.5 Å². The van der Waals surface area contributed by atoms with E-state index in [1.807, 2.05) is 31.3 Å². The molecule has 2 aromatic heterocycles. The molecule has 0 aliphatic rings. The fraction of sp³-hybridized carbons (Fsp3) is 0.235. The van der Waals surface area contributed by atoms with Crippen LogP contribution < -0.4 is 10.0 Å². The van der Waals surface area contributed by atoms with Gasteiger partial charge in [-0.25, -0.2) is 13.1 Å². The molecule has 3 rings (SSSR count). The van der Waals surface area contributed by atoms with Crippen molar-refractivity contribution in [1.82, 2.24) is 24.6 Å². The molecule has 26 heavy (non-hydrogen) atoms. The second-order valence-corrected chi connectivity index (χ2v) is 7.55. The minimum absolute atomic E-state index is 0.0165. The molecule has 8 nitrogen and oxygen atoms in total. The van der Waals surface area contributed by atoms with Gasteiger partial charge in [0.25, 0.3) is 0 Å². The van der Waals surface area contributed by atoms with Gasteiger partial charge in [0.05, 0.1) is 11.4 Å². The van der Waals surface area contributed by atoms with Crippen LogP contribution in [0.1, 0.15) is 17.8 Å². The molecule has 0 saturated carbocycles. The summed E-state index contributed by atoms with van der Waals surface area (Å²) in [5.41, 5.74) is 1.67. The summed E-state index contributed by atoms with van der Waals surface area (Å²) in [4.78, 5) is 12.1. The van der Waals surface area contributed by atoms with E-state index in [1.54, 1.807) is 16.5 Å². The number of rotatable bonds is 7. The van der Waals surface area contributed by atoms with E-state index in [2.05, 4.69) is 20.2 Å². The molecule has 2 N–H and O–H groups in total. The van der Waals surface area contributed by atoms with Crippen LogP contribution in [-0.2, 0) is 21.4 Å². The number of hydrogen-bond acceptors (Lipinski definition) is 5. The Morgan fingerprint density at radius 3 is 2.65 bits per heavy atom. The minimum Gasteiger partial charge on any atom is -0.349 e. The SMILES string of the molecule is Cc1ccc(S(=O)(=O)NCCC(=O)NCc2nnc3ccccn23)cc1. The van der Waals surface area contributed by atoms with E-state index >= 15 is 0 Å². The van der Waals surface area contributed by atoms with Crippen molar-refractivity contribution in [1.29, 1.82) is 0 Å². The average Bonchev–Trinajstić information content (AvgIpc) is 3.03. The van der Waals surface area contributed by atoms with Gasteiger partial charge in [-0.1, -0.05) is 23.8 Å². The van der Waals surface area contributed by atoms with Crippen LogP contribution in [0.2, 0.25) is 0 Å². The predicted molar refractivity (Wildman–Crippen MR) is 95.8 cm³/mol. The van der Waals surface area contributed by atoms with Crippen molar-refractivity contribution in [2.45, 2.75) is 24.8 Å². The molecule has 0 fully saturated rings. The van der Waals surface area contributed by atoms with Crippen molar-refractivity contribution in [3.8, 4) is 0 Å². The molecule has 0 spiro atoms. The molecule has 3 aromatic rings. The third-order valence-electron chi connectivity index (χ3n) is 3.80. The van der Waals surface area contributed by atoms with Crippen molar-refractivity contribution in [3.05, 3.63) is 60.0 Å². The molecule has 1 aromatic carbocycles. The third-order valence-corrected chi connectivity index (χ3v) is 5.28. The largest absolute Gasteiger partial charge is 0.349 e. The highest BCUT2D eigenvalue weighted by Gasteiger charge is 2.14. The van der Waals surface area contributed by atoms with Crippen LogP contribution in [0, 0.1) is 6.92 Å². The molecule has 0 atom stereocenters. The first-order chi connectivity index (χ1) is 12.5. The highest BCUT2D eigenvalue weighted by Crippen LogP contribution is 2.09. The smallest absolute Gasteiger partial charge is 0.240 e. The number of aromatic nitrogens is 3. The lowest BCUT2D eigenvalue weighted by atomic mass is 10.2. The Bertz CT molecular complexity index is 1010. The van der Waals surface area contributed by atoms with Gasteiger partial charge in [0.15, 0.2) is 11.5 Å². The Hall–Kier alpha value is -2.78. The van der Waals surface area contributed by atoms with Gasteiger partial charge in [0.2, 0.25) is 15.9 Å². The summed E-state index contributed by atoms with van der Waals surface area (Å²) in [5.74, 6) is 0.332. The standard InChI is InChI=1S/C17H19N5O3S/c1-13-5-7-14(8-6-13)26(24,25)19-10-9-17(23)18-12-16-21-20-15-4-2-3-11-22(15)16/h2-8,11,19H,9-10,12H2,1H3,(H,18,23). The number of pyridine rings is 1. The van der Waals surface area contributed by atoms with Crippen LogP contribution in [0.15, 0.2) is 53.6 Å². The summed E-state index contributed by atoms with van der Waals surface area (Å²) >= 11 is 0. The Morgan fingerprint density at radius 2 is 1.88 bits per heavy atom. The maximum atomic E-state index is 12.2. The van der Waals surface area contributed by atoms with Crippen LogP contribution in [0.5, 0.6) is 0 Å². The van der Waals surface area contributed by atoms with Crippen molar-refractivity contribution >= 4 is 21.6 Å². The fourth-order valence-electron chi connectivity index (χ4n) is 2.38. The van der Waals surface area contributed by atoms with Gasteiger partial charge in [-0.05, 0) is 31.2 Å². The predicted octanol–water partition coefficient (Wildman–Crippen LogP) is 1.02. The lowest BCUT2D eigenvalue weighted by molar-refractivity contribution is -0.121. The number of nitrogens with one attached hydrogen (secondary N) is 2. The quantitative estimate of drug-likeness (QED) is 0.643. The summed E-state index contributed by atoms with van der Waals surface area (Å²) in [5, 5.41) is 10.7. The number of benzene rings is 1. The molecule has 9 heteroatoms. The van der Waals surface area contributed by atoms with E-state index in [9.17, 15) is 13.2 Å². The van der Waals surface area contributed by atoms with E-state index in [1.165, 1.54) is 12.1 Å². The lowest BCUT2D eigenvalue weighted by Crippen LogP contribution is -2.31.